The zero-order chi connectivity index (χ0) is 10.1. The van der Waals surface area contributed by atoms with Gasteiger partial charge in [-0.05, 0) is 30.4 Å². The molecule has 0 radical (unpaired) electrons. The lowest BCUT2D eigenvalue weighted by Gasteiger charge is -2.04. The molecule has 14 heavy (non-hydrogen) atoms. The largest absolute Gasteiger partial charge is 0.465 e. The first-order chi connectivity index (χ1) is 6.74. The molecule has 0 bridgehead atoms. The van der Waals surface area contributed by atoms with Crippen molar-refractivity contribution in [1.82, 2.24) is 4.98 Å². The number of hydrogen-bond donors (Lipinski definition) is 1. The fourth-order valence-corrected chi connectivity index (χ4v) is 1.89. The van der Waals surface area contributed by atoms with Crippen LogP contribution in [0.3, 0.4) is 0 Å². The molecule has 0 aromatic carbocycles. The molecule has 1 aromatic heterocycles. The summed E-state index contributed by atoms with van der Waals surface area (Å²) in [4.78, 5) is 25.3. The van der Waals surface area contributed by atoms with Crippen LogP contribution < -0.4 is 5.56 Å². The Labute approximate surface area is 80.9 Å². The monoisotopic (exact) mass is 193 g/mol. The molecular weight excluding hydrogens is 182 g/mol. The predicted octanol–water partition coefficient (Wildman–Crippen LogP) is 0.650. The number of carbonyl (C=O) groups excluding carboxylic acids is 1. The lowest BCUT2D eigenvalue weighted by Crippen LogP contribution is -2.21. The Morgan fingerprint density at radius 1 is 1.50 bits per heavy atom. The van der Waals surface area contributed by atoms with Crippen molar-refractivity contribution < 1.29 is 9.53 Å². The summed E-state index contributed by atoms with van der Waals surface area (Å²) in [5.41, 5.74) is 1.76. The highest BCUT2D eigenvalue weighted by Gasteiger charge is 2.22. The van der Waals surface area contributed by atoms with E-state index in [4.69, 9.17) is 0 Å². The van der Waals surface area contributed by atoms with Gasteiger partial charge in [-0.15, -0.1) is 0 Å². The van der Waals surface area contributed by atoms with Gasteiger partial charge in [0.2, 0.25) is 0 Å². The molecule has 0 aliphatic heterocycles. The SMILES string of the molecule is COC(=O)c1c2c(c[nH]c1=O)CCC2. The van der Waals surface area contributed by atoms with E-state index in [2.05, 4.69) is 9.72 Å². The van der Waals surface area contributed by atoms with Gasteiger partial charge in [-0.3, -0.25) is 4.79 Å². The smallest absolute Gasteiger partial charge is 0.343 e. The van der Waals surface area contributed by atoms with Crippen molar-refractivity contribution in [2.24, 2.45) is 0 Å². The van der Waals surface area contributed by atoms with Crippen molar-refractivity contribution >= 4 is 5.97 Å². The van der Waals surface area contributed by atoms with Crippen LogP contribution in [0.4, 0.5) is 0 Å². The van der Waals surface area contributed by atoms with E-state index in [1.807, 2.05) is 0 Å². The molecule has 1 aromatic rings. The third-order valence-electron chi connectivity index (χ3n) is 2.56. The van der Waals surface area contributed by atoms with E-state index in [0.29, 0.717) is 0 Å². The number of fused-ring (bicyclic) bond motifs is 1. The van der Waals surface area contributed by atoms with Crippen molar-refractivity contribution in [2.75, 3.05) is 7.11 Å². The van der Waals surface area contributed by atoms with Gasteiger partial charge in [-0.2, -0.15) is 0 Å². The number of H-pyrrole nitrogens is 1. The van der Waals surface area contributed by atoms with E-state index in [1.165, 1.54) is 7.11 Å². The number of aromatic amines is 1. The van der Waals surface area contributed by atoms with Crippen molar-refractivity contribution in [3.05, 3.63) is 33.2 Å². The Kier molecular flexibility index (Phi) is 2.11. The molecule has 1 N–H and O–H groups in total. The van der Waals surface area contributed by atoms with Gasteiger partial charge in [0.25, 0.3) is 5.56 Å². The standard InChI is InChI=1S/C10H11NO3/c1-14-10(13)8-7-4-2-3-6(7)5-11-9(8)12/h5H,2-4H2,1H3,(H,11,12). The van der Waals surface area contributed by atoms with Crippen LogP contribution >= 0.6 is 0 Å². The Morgan fingerprint density at radius 2 is 2.29 bits per heavy atom. The maximum absolute atomic E-state index is 11.4. The van der Waals surface area contributed by atoms with Crippen molar-refractivity contribution in [3.63, 3.8) is 0 Å². The lowest BCUT2D eigenvalue weighted by molar-refractivity contribution is 0.0597. The minimum absolute atomic E-state index is 0.183. The second kappa shape index (κ2) is 3.29. The number of rotatable bonds is 1. The number of aryl methyl sites for hydroxylation is 1. The number of methoxy groups -OCH3 is 1. The summed E-state index contributed by atoms with van der Waals surface area (Å²) in [5, 5.41) is 0. The summed E-state index contributed by atoms with van der Waals surface area (Å²) in [6, 6.07) is 0. The van der Waals surface area contributed by atoms with Gasteiger partial charge in [0.1, 0.15) is 5.56 Å². The zero-order valence-electron chi connectivity index (χ0n) is 7.92. The van der Waals surface area contributed by atoms with E-state index in [-0.39, 0.29) is 11.1 Å². The first kappa shape index (κ1) is 8.99. The molecule has 2 rings (SSSR count). The van der Waals surface area contributed by atoms with Crippen LogP contribution in [0.15, 0.2) is 11.0 Å². The second-order valence-corrected chi connectivity index (χ2v) is 3.34. The van der Waals surface area contributed by atoms with Crippen LogP contribution in [0.5, 0.6) is 0 Å². The van der Waals surface area contributed by atoms with Crippen molar-refractivity contribution in [2.45, 2.75) is 19.3 Å². The molecule has 0 saturated carbocycles. The first-order valence-electron chi connectivity index (χ1n) is 4.56. The predicted molar refractivity (Wildman–Crippen MR) is 50.4 cm³/mol. The molecule has 4 nitrogen and oxygen atoms in total. The number of carbonyl (C=O) groups is 1. The number of nitrogens with one attached hydrogen (secondary N) is 1. The van der Waals surface area contributed by atoms with Gasteiger partial charge in [-0.1, -0.05) is 0 Å². The number of pyridine rings is 1. The molecule has 0 fully saturated rings. The molecule has 0 spiro atoms. The summed E-state index contributed by atoms with van der Waals surface area (Å²) in [6.07, 6.45) is 4.41. The molecule has 0 atom stereocenters. The topological polar surface area (TPSA) is 59.2 Å². The minimum Gasteiger partial charge on any atom is -0.465 e. The summed E-state index contributed by atoms with van der Waals surface area (Å²) in [5.74, 6) is -0.537. The first-order valence-corrected chi connectivity index (χ1v) is 4.56. The summed E-state index contributed by atoms with van der Waals surface area (Å²) >= 11 is 0. The van der Waals surface area contributed by atoms with E-state index < -0.39 is 5.97 Å². The van der Waals surface area contributed by atoms with Gasteiger partial charge >= 0.3 is 5.97 Å². The van der Waals surface area contributed by atoms with Crippen molar-refractivity contribution in [3.8, 4) is 0 Å². The molecule has 0 saturated heterocycles. The number of esters is 1. The van der Waals surface area contributed by atoms with E-state index in [0.717, 1.165) is 30.4 Å². The third kappa shape index (κ3) is 1.23. The number of aromatic nitrogens is 1. The molecular formula is C10H11NO3. The van der Waals surface area contributed by atoms with Gasteiger partial charge in [0, 0.05) is 6.20 Å². The van der Waals surface area contributed by atoms with Gasteiger partial charge < -0.3 is 9.72 Å². The Morgan fingerprint density at radius 3 is 3.00 bits per heavy atom. The maximum Gasteiger partial charge on any atom is 0.343 e. The lowest BCUT2D eigenvalue weighted by atomic mass is 10.1. The third-order valence-corrected chi connectivity index (χ3v) is 2.56. The highest BCUT2D eigenvalue weighted by molar-refractivity contribution is 5.91. The average molecular weight is 193 g/mol. The number of hydrogen-bond acceptors (Lipinski definition) is 3. The minimum atomic E-state index is -0.537. The molecule has 0 unspecified atom stereocenters. The Balaban J connectivity index is 2.63. The summed E-state index contributed by atoms with van der Waals surface area (Å²) in [6.45, 7) is 0. The van der Waals surface area contributed by atoms with Crippen molar-refractivity contribution in [1.29, 1.82) is 0 Å². The van der Waals surface area contributed by atoms with Gasteiger partial charge in [-0.25, -0.2) is 4.79 Å². The summed E-state index contributed by atoms with van der Waals surface area (Å²) < 4.78 is 4.58. The highest BCUT2D eigenvalue weighted by atomic mass is 16.5. The quantitative estimate of drug-likeness (QED) is 0.666. The van der Waals surface area contributed by atoms with Crippen LogP contribution in [-0.4, -0.2) is 18.1 Å². The average Bonchev–Trinajstić information content (AvgIpc) is 2.64. The van der Waals surface area contributed by atoms with Gasteiger partial charge in [0.15, 0.2) is 0 Å². The fourth-order valence-electron chi connectivity index (χ4n) is 1.89. The maximum atomic E-state index is 11.4. The van der Waals surface area contributed by atoms with E-state index in [9.17, 15) is 9.59 Å². The van der Waals surface area contributed by atoms with Gasteiger partial charge in [0.05, 0.1) is 7.11 Å². The zero-order valence-corrected chi connectivity index (χ0v) is 7.92. The molecule has 4 heteroatoms. The van der Waals surface area contributed by atoms with E-state index >= 15 is 0 Å². The highest BCUT2D eigenvalue weighted by Crippen LogP contribution is 2.22. The normalized spacial score (nSPS) is 13.8. The van der Waals surface area contributed by atoms with Crippen LogP contribution in [0.2, 0.25) is 0 Å². The molecule has 1 aliphatic carbocycles. The molecule has 1 aliphatic rings. The van der Waals surface area contributed by atoms with Crippen LogP contribution in [0, 0.1) is 0 Å². The van der Waals surface area contributed by atoms with E-state index in [1.54, 1.807) is 6.20 Å². The van der Waals surface area contributed by atoms with Crippen LogP contribution in [-0.2, 0) is 17.6 Å². The summed E-state index contributed by atoms with van der Waals surface area (Å²) in [7, 11) is 1.29. The molecule has 74 valence electrons. The fraction of sp³-hybridized carbons (Fsp3) is 0.400. The van der Waals surface area contributed by atoms with Crippen LogP contribution in [0.25, 0.3) is 0 Å². The Bertz CT molecular complexity index is 433. The second-order valence-electron chi connectivity index (χ2n) is 3.34. The Hall–Kier alpha value is -1.58. The number of ether oxygens (including phenoxy) is 1. The van der Waals surface area contributed by atoms with Crippen LogP contribution in [0.1, 0.15) is 27.9 Å². The molecule has 0 amide bonds. The molecule has 1 heterocycles.